The van der Waals surface area contributed by atoms with Gasteiger partial charge in [-0.25, -0.2) is 8.42 Å². The summed E-state index contributed by atoms with van der Waals surface area (Å²) in [6.07, 6.45) is 1.52. The molecule has 0 bridgehead atoms. The molecule has 1 unspecified atom stereocenters. The average Bonchev–Trinajstić information content (AvgIpc) is 2.51. The Morgan fingerprint density at radius 2 is 2.00 bits per heavy atom. The molecule has 3 N–H and O–H groups in total. The second-order valence-electron chi connectivity index (χ2n) is 3.38. The van der Waals surface area contributed by atoms with Crippen LogP contribution in [0.25, 0.3) is 6.08 Å². The van der Waals surface area contributed by atoms with Crippen molar-refractivity contribution in [3.05, 3.63) is 34.7 Å². The lowest BCUT2D eigenvalue weighted by Gasteiger charge is -2.09. The summed E-state index contributed by atoms with van der Waals surface area (Å²) in [6.45, 7) is -0.376. The quantitative estimate of drug-likeness (QED) is 0.750. The predicted octanol–water partition coefficient (Wildman–Crippen LogP) is 0.134. The number of benzene rings is 1. The number of hydrogen-bond donors (Lipinski definition) is 2. The normalized spacial score (nSPS) is 19.5. The third-order valence-corrected chi connectivity index (χ3v) is 4.37. The van der Waals surface area contributed by atoms with Gasteiger partial charge in [0, 0.05) is 0 Å². The highest BCUT2D eigenvalue weighted by molar-refractivity contribution is 7.96. The molecule has 80 valence electrons. The van der Waals surface area contributed by atoms with Crippen LogP contribution in [0.2, 0.25) is 0 Å². The number of nitrogens with two attached hydrogens (primary N) is 1. The summed E-state index contributed by atoms with van der Waals surface area (Å²) >= 11 is 0. The van der Waals surface area contributed by atoms with Crippen LogP contribution in [-0.4, -0.2) is 26.2 Å². The topological polar surface area (TPSA) is 80.4 Å². The zero-order valence-electron chi connectivity index (χ0n) is 7.92. The van der Waals surface area contributed by atoms with E-state index in [2.05, 4.69) is 0 Å². The van der Waals surface area contributed by atoms with Crippen LogP contribution in [0.1, 0.15) is 5.56 Å². The number of aliphatic hydroxyl groups is 1. The number of fused-ring (bicyclic) bond motifs is 1. The molecule has 0 radical (unpaired) electrons. The second kappa shape index (κ2) is 3.44. The van der Waals surface area contributed by atoms with Gasteiger partial charge in [-0.05, 0) is 17.7 Å². The molecule has 0 aromatic heterocycles. The van der Waals surface area contributed by atoms with Crippen molar-refractivity contribution in [2.75, 3.05) is 6.61 Å². The van der Waals surface area contributed by atoms with Crippen LogP contribution >= 0.6 is 0 Å². The molecular formula is C10H11NO3S. The summed E-state index contributed by atoms with van der Waals surface area (Å²) in [5, 5.41) is 8.88. The SMILES string of the molecule is NC(CO)C1=Cc2ccccc2S1(=O)=O. The van der Waals surface area contributed by atoms with Gasteiger partial charge in [0.05, 0.1) is 22.4 Å². The zero-order valence-corrected chi connectivity index (χ0v) is 8.74. The molecule has 0 saturated carbocycles. The molecule has 0 amide bonds. The molecule has 0 saturated heterocycles. The van der Waals surface area contributed by atoms with E-state index < -0.39 is 15.9 Å². The Morgan fingerprint density at radius 3 is 2.60 bits per heavy atom. The number of hydrogen-bond acceptors (Lipinski definition) is 4. The van der Waals surface area contributed by atoms with E-state index in [-0.39, 0.29) is 16.4 Å². The molecule has 1 aromatic rings. The van der Waals surface area contributed by atoms with Gasteiger partial charge in [-0.2, -0.15) is 0 Å². The smallest absolute Gasteiger partial charge is 0.205 e. The third-order valence-electron chi connectivity index (χ3n) is 2.38. The Balaban J connectivity index is 2.59. The molecular weight excluding hydrogens is 214 g/mol. The number of sulfone groups is 1. The van der Waals surface area contributed by atoms with Gasteiger partial charge in [-0.3, -0.25) is 0 Å². The predicted molar refractivity (Wildman–Crippen MR) is 56.7 cm³/mol. The van der Waals surface area contributed by atoms with Crippen molar-refractivity contribution in [2.24, 2.45) is 5.73 Å². The molecule has 5 heteroatoms. The van der Waals surface area contributed by atoms with Crippen LogP contribution in [-0.2, 0) is 9.84 Å². The maximum absolute atomic E-state index is 11.9. The third kappa shape index (κ3) is 1.49. The van der Waals surface area contributed by atoms with Crippen molar-refractivity contribution >= 4 is 15.9 Å². The molecule has 15 heavy (non-hydrogen) atoms. The average molecular weight is 225 g/mol. The summed E-state index contributed by atoms with van der Waals surface area (Å²) in [5.41, 5.74) is 6.17. The molecule has 1 atom stereocenters. The fourth-order valence-electron chi connectivity index (χ4n) is 1.60. The van der Waals surface area contributed by atoms with Crippen molar-refractivity contribution in [1.29, 1.82) is 0 Å². The van der Waals surface area contributed by atoms with Crippen LogP contribution in [0.3, 0.4) is 0 Å². The van der Waals surface area contributed by atoms with Crippen LogP contribution in [0.15, 0.2) is 34.1 Å². The van der Waals surface area contributed by atoms with E-state index in [1.165, 1.54) is 12.1 Å². The van der Waals surface area contributed by atoms with Crippen molar-refractivity contribution in [3.63, 3.8) is 0 Å². The van der Waals surface area contributed by atoms with Gasteiger partial charge in [-0.15, -0.1) is 0 Å². The summed E-state index contributed by atoms with van der Waals surface area (Å²) in [5.74, 6) is 0. The lowest BCUT2D eigenvalue weighted by atomic mass is 10.2. The molecule has 1 aliphatic rings. The van der Waals surface area contributed by atoms with E-state index in [0.29, 0.717) is 5.56 Å². The summed E-state index contributed by atoms with van der Waals surface area (Å²) in [4.78, 5) is 0.357. The Morgan fingerprint density at radius 1 is 1.33 bits per heavy atom. The van der Waals surface area contributed by atoms with E-state index in [9.17, 15) is 8.42 Å². The standard InChI is InChI=1S/C10H11NO3S/c11-8(6-12)10-5-7-3-1-2-4-9(7)15(10,13)14/h1-5,8,12H,6,11H2. The lowest BCUT2D eigenvalue weighted by molar-refractivity contribution is 0.282. The minimum absolute atomic E-state index is 0.0891. The van der Waals surface area contributed by atoms with Gasteiger partial charge in [0.2, 0.25) is 9.84 Å². The molecule has 1 aliphatic heterocycles. The maximum atomic E-state index is 11.9. The van der Waals surface area contributed by atoms with Gasteiger partial charge in [-0.1, -0.05) is 18.2 Å². The van der Waals surface area contributed by atoms with E-state index in [4.69, 9.17) is 10.8 Å². The Kier molecular flexibility index (Phi) is 2.38. The van der Waals surface area contributed by atoms with E-state index in [1.807, 2.05) is 0 Å². The number of rotatable bonds is 2. The van der Waals surface area contributed by atoms with Gasteiger partial charge in [0.15, 0.2) is 0 Å². The minimum atomic E-state index is -3.48. The van der Waals surface area contributed by atoms with E-state index in [1.54, 1.807) is 18.2 Å². The first-order valence-corrected chi connectivity index (χ1v) is 5.98. The number of aliphatic hydroxyl groups excluding tert-OH is 1. The Hall–Kier alpha value is -1.17. The first-order valence-electron chi connectivity index (χ1n) is 4.49. The fraction of sp³-hybridized carbons (Fsp3) is 0.200. The largest absolute Gasteiger partial charge is 0.394 e. The van der Waals surface area contributed by atoms with Crippen molar-refractivity contribution < 1.29 is 13.5 Å². The summed E-state index contributed by atoms with van der Waals surface area (Å²) in [7, 11) is -3.48. The molecule has 1 heterocycles. The van der Waals surface area contributed by atoms with Crippen LogP contribution in [0, 0.1) is 0 Å². The summed E-state index contributed by atoms with van der Waals surface area (Å²) in [6, 6.07) is 5.83. The van der Waals surface area contributed by atoms with Gasteiger partial charge >= 0.3 is 0 Å². The van der Waals surface area contributed by atoms with E-state index >= 15 is 0 Å². The van der Waals surface area contributed by atoms with Crippen LogP contribution in [0.5, 0.6) is 0 Å². The molecule has 2 rings (SSSR count). The van der Waals surface area contributed by atoms with Gasteiger partial charge < -0.3 is 10.8 Å². The molecule has 1 aromatic carbocycles. The highest BCUT2D eigenvalue weighted by Gasteiger charge is 2.32. The molecule has 0 spiro atoms. The molecule has 4 nitrogen and oxygen atoms in total. The Labute approximate surface area is 88.0 Å². The van der Waals surface area contributed by atoms with Crippen LogP contribution < -0.4 is 5.73 Å². The highest BCUT2D eigenvalue weighted by atomic mass is 32.2. The van der Waals surface area contributed by atoms with Crippen molar-refractivity contribution in [2.45, 2.75) is 10.9 Å². The van der Waals surface area contributed by atoms with Gasteiger partial charge in [0.25, 0.3) is 0 Å². The fourth-order valence-corrected chi connectivity index (χ4v) is 3.30. The van der Waals surface area contributed by atoms with Crippen LogP contribution in [0.4, 0.5) is 0 Å². The Bertz CT molecular complexity index is 519. The second-order valence-corrected chi connectivity index (χ2v) is 5.30. The highest BCUT2D eigenvalue weighted by Crippen LogP contribution is 2.33. The van der Waals surface area contributed by atoms with Gasteiger partial charge in [0.1, 0.15) is 0 Å². The molecule has 0 fully saturated rings. The maximum Gasteiger partial charge on any atom is 0.205 e. The van der Waals surface area contributed by atoms with E-state index in [0.717, 1.165) is 0 Å². The monoisotopic (exact) mass is 225 g/mol. The minimum Gasteiger partial charge on any atom is -0.394 e. The first kappa shape index (κ1) is 10.4. The zero-order chi connectivity index (χ0) is 11.1. The molecule has 0 aliphatic carbocycles. The summed E-state index contributed by atoms with van der Waals surface area (Å²) < 4.78 is 23.9. The lowest BCUT2D eigenvalue weighted by Crippen LogP contribution is -2.29. The van der Waals surface area contributed by atoms with Crippen molar-refractivity contribution in [1.82, 2.24) is 0 Å². The first-order chi connectivity index (χ1) is 7.07. The van der Waals surface area contributed by atoms with Crippen molar-refractivity contribution in [3.8, 4) is 0 Å².